The van der Waals surface area contributed by atoms with Crippen molar-refractivity contribution in [3.63, 3.8) is 0 Å². The van der Waals surface area contributed by atoms with Gasteiger partial charge in [0.05, 0.1) is 24.5 Å². The number of ether oxygens (including phenoxy) is 2. The van der Waals surface area contributed by atoms with E-state index in [9.17, 15) is 4.79 Å². The van der Waals surface area contributed by atoms with Gasteiger partial charge in [-0.05, 0) is 19.9 Å². The zero-order chi connectivity index (χ0) is 17.1. The van der Waals surface area contributed by atoms with E-state index < -0.39 is 0 Å². The molecule has 0 aliphatic carbocycles. The van der Waals surface area contributed by atoms with Crippen LogP contribution in [0.2, 0.25) is 5.02 Å². The molecule has 3 heterocycles. The Morgan fingerprint density at radius 2 is 2.17 bits per heavy atom. The quantitative estimate of drug-likeness (QED) is 0.893. The van der Waals surface area contributed by atoms with Gasteiger partial charge in [0.1, 0.15) is 11.1 Å². The molecule has 128 valence electrons. The van der Waals surface area contributed by atoms with E-state index in [2.05, 4.69) is 15.3 Å². The van der Waals surface area contributed by atoms with E-state index in [-0.39, 0.29) is 12.0 Å². The van der Waals surface area contributed by atoms with Crippen LogP contribution < -0.4 is 10.1 Å². The van der Waals surface area contributed by atoms with Crippen LogP contribution in [0.25, 0.3) is 0 Å². The topological polar surface area (TPSA) is 73.3 Å². The van der Waals surface area contributed by atoms with Gasteiger partial charge in [-0.15, -0.1) is 11.3 Å². The van der Waals surface area contributed by atoms with Crippen LogP contribution in [0.5, 0.6) is 5.88 Å². The standard InChI is InChI=1S/C16H18ClN3O3S/c1-9-10(2)24-16(19-9)20-14(21)11-7-13(17)15(18-8-11)23-12-3-5-22-6-4-12/h7-8,12H,3-6H2,1-2H3,(H,19,20,21). The lowest BCUT2D eigenvalue weighted by Gasteiger charge is -2.23. The molecular weight excluding hydrogens is 350 g/mol. The maximum absolute atomic E-state index is 12.3. The van der Waals surface area contributed by atoms with Crippen LogP contribution >= 0.6 is 22.9 Å². The molecule has 1 saturated heterocycles. The summed E-state index contributed by atoms with van der Waals surface area (Å²) >= 11 is 7.65. The third-order valence-electron chi connectivity index (χ3n) is 3.77. The van der Waals surface area contributed by atoms with Crippen molar-refractivity contribution in [1.29, 1.82) is 0 Å². The van der Waals surface area contributed by atoms with Crippen LogP contribution in [-0.2, 0) is 4.74 Å². The highest BCUT2D eigenvalue weighted by atomic mass is 35.5. The Kier molecular flexibility index (Phi) is 5.33. The van der Waals surface area contributed by atoms with Gasteiger partial charge in [0, 0.05) is 23.9 Å². The molecule has 8 heteroatoms. The van der Waals surface area contributed by atoms with Gasteiger partial charge >= 0.3 is 0 Å². The number of pyridine rings is 1. The first-order chi connectivity index (χ1) is 11.5. The Morgan fingerprint density at radius 1 is 1.42 bits per heavy atom. The molecule has 3 rings (SSSR count). The molecule has 2 aromatic heterocycles. The molecule has 0 spiro atoms. The zero-order valence-corrected chi connectivity index (χ0v) is 15.0. The Balaban J connectivity index is 1.67. The summed E-state index contributed by atoms with van der Waals surface area (Å²) < 4.78 is 11.1. The zero-order valence-electron chi connectivity index (χ0n) is 13.5. The summed E-state index contributed by atoms with van der Waals surface area (Å²) in [5.74, 6) is 0.0526. The van der Waals surface area contributed by atoms with Crippen molar-refractivity contribution in [1.82, 2.24) is 9.97 Å². The van der Waals surface area contributed by atoms with Crippen LogP contribution in [0.15, 0.2) is 12.3 Å². The van der Waals surface area contributed by atoms with E-state index in [0.29, 0.717) is 34.8 Å². The van der Waals surface area contributed by atoms with Gasteiger partial charge in [-0.3, -0.25) is 10.1 Å². The van der Waals surface area contributed by atoms with Crippen LogP contribution in [0.4, 0.5) is 5.13 Å². The molecule has 0 saturated carbocycles. The molecule has 1 amide bonds. The lowest BCUT2D eigenvalue weighted by molar-refractivity contribution is 0.0238. The van der Waals surface area contributed by atoms with E-state index in [1.807, 2.05) is 13.8 Å². The molecule has 0 aromatic carbocycles. The van der Waals surface area contributed by atoms with Gasteiger partial charge < -0.3 is 9.47 Å². The van der Waals surface area contributed by atoms with E-state index in [0.717, 1.165) is 23.4 Å². The Morgan fingerprint density at radius 3 is 2.79 bits per heavy atom. The summed E-state index contributed by atoms with van der Waals surface area (Å²) in [6, 6.07) is 1.56. The fraction of sp³-hybridized carbons (Fsp3) is 0.438. The second-order valence-corrected chi connectivity index (χ2v) is 7.17. The van der Waals surface area contributed by atoms with Crippen molar-refractivity contribution in [2.45, 2.75) is 32.8 Å². The summed E-state index contributed by atoms with van der Waals surface area (Å²) in [6.45, 7) is 5.22. The summed E-state index contributed by atoms with van der Waals surface area (Å²) in [7, 11) is 0. The Hall–Kier alpha value is -1.70. The largest absolute Gasteiger partial charge is 0.473 e. The summed E-state index contributed by atoms with van der Waals surface area (Å²) in [4.78, 5) is 21.8. The van der Waals surface area contributed by atoms with Gasteiger partial charge in [0.15, 0.2) is 5.13 Å². The van der Waals surface area contributed by atoms with Crippen molar-refractivity contribution < 1.29 is 14.3 Å². The third-order valence-corrected chi connectivity index (χ3v) is 5.02. The summed E-state index contributed by atoms with van der Waals surface area (Å²) in [6.07, 6.45) is 3.12. The summed E-state index contributed by atoms with van der Waals surface area (Å²) in [5.41, 5.74) is 1.27. The molecule has 1 N–H and O–H groups in total. The molecule has 0 radical (unpaired) electrons. The number of halogens is 1. The number of carbonyl (C=O) groups is 1. The normalized spacial score (nSPS) is 15.3. The molecular formula is C16H18ClN3O3S. The minimum absolute atomic E-state index is 0.0460. The Labute approximate surface area is 149 Å². The van der Waals surface area contributed by atoms with Crippen molar-refractivity contribution in [2.24, 2.45) is 0 Å². The second kappa shape index (κ2) is 7.46. The smallest absolute Gasteiger partial charge is 0.259 e. The third kappa shape index (κ3) is 4.03. The monoisotopic (exact) mass is 367 g/mol. The predicted molar refractivity (Wildman–Crippen MR) is 93.3 cm³/mol. The molecule has 6 nitrogen and oxygen atoms in total. The number of aromatic nitrogens is 2. The first-order valence-corrected chi connectivity index (χ1v) is 8.87. The number of aryl methyl sites for hydroxylation is 2. The van der Waals surface area contributed by atoms with Gasteiger partial charge in [0.25, 0.3) is 5.91 Å². The van der Waals surface area contributed by atoms with Crippen LogP contribution in [0, 0.1) is 13.8 Å². The number of thiazole rings is 1. The van der Waals surface area contributed by atoms with Crippen molar-refractivity contribution in [3.8, 4) is 5.88 Å². The number of carbonyl (C=O) groups excluding carboxylic acids is 1. The number of nitrogens with zero attached hydrogens (tertiary/aromatic N) is 2. The van der Waals surface area contributed by atoms with Crippen molar-refractivity contribution in [3.05, 3.63) is 33.4 Å². The Bertz CT molecular complexity index is 725. The number of amides is 1. The highest BCUT2D eigenvalue weighted by Crippen LogP contribution is 2.26. The average Bonchev–Trinajstić information content (AvgIpc) is 2.88. The van der Waals surface area contributed by atoms with Crippen LogP contribution in [0.1, 0.15) is 33.8 Å². The maximum Gasteiger partial charge on any atom is 0.259 e. The highest BCUT2D eigenvalue weighted by molar-refractivity contribution is 7.15. The predicted octanol–water partition coefficient (Wildman–Crippen LogP) is 3.62. The number of rotatable bonds is 4. The fourth-order valence-corrected chi connectivity index (χ4v) is 3.30. The molecule has 0 bridgehead atoms. The second-order valence-electron chi connectivity index (χ2n) is 5.56. The maximum atomic E-state index is 12.3. The van der Waals surface area contributed by atoms with Gasteiger partial charge in [-0.2, -0.15) is 0 Å². The number of nitrogens with one attached hydrogen (secondary N) is 1. The molecule has 1 aliphatic rings. The average molecular weight is 368 g/mol. The number of hydrogen-bond donors (Lipinski definition) is 1. The first kappa shape index (κ1) is 17.1. The molecule has 2 aromatic rings. The fourth-order valence-electron chi connectivity index (χ4n) is 2.28. The van der Waals surface area contributed by atoms with Gasteiger partial charge in [0.2, 0.25) is 5.88 Å². The van der Waals surface area contributed by atoms with E-state index in [1.165, 1.54) is 17.5 Å². The van der Waals surface area contributed by atoms with Crippen molar-refractivity contribution in [2.75, 3.05) is 18.5 Å². The molecule has 1 fully saturated rings. The van der Waals surface area contributed by atoms with Gasteiger partial charge in [-0.1, -0.05) is 11.6 Å². The minimum Gasteiger partial charge on any atom is -0.473 e. The molecule has 0 unspecified atom stereocenters. The SMILES string of the molecule is Cc1nc(NC(=O)c2cnc(OC3CCOCC3)c(Cl)c2)sc1C. The van der Waals surface area contributed by atoms with Crippen molar-refractivity contribution >= 4 is 34.0 Å². The number of hydrogen-bond acceptors (Lipinski definition) is 6. The summed E-state index contributed by atoms with van der Waals surface area (Å²) in [5, 5.41) is 3.64. The first-order valence-electron chi connectivity index (χ1n) is 7.68. The minimum atomic E-state index is -0.296. The lowest BCUT2D eigenvalue weighted by atomic mass is 10.1. The van der Waals surface area contributed by atoms with E-state index >= 15 is 0 Å². The molecule has 24 heavy (non-hydrogen) atoms. The molecule has 0 atom stereocenters. The van der Waals surface area contributed by atoms with Gasteiger partial charge in [-0.25, -0.2) is 9.97 Å². The number of anilines is 1. The van der Waals surface area contributed by atoms with E-state index in [4.69, 9.17) is 21.1 Å². The highest BCUT2D eigenvalue weighted by Gasteiger charge is 2.19. The van der Waals surface area contributed by atoms with Crippen LogP contribution in [-0.4, -0.2) is 35.2 Å². The van der Waals surface area contributed by atoms with E-state index in [1.54, 1.807) is 6.07 Å². The molecule has 1 aliphatic heterocycles. The van der Waals surface area contributed by atoms with Crippen LogP contribution in [0.3, 0.4) is 0 Å². The lowest BCUT2D eigenvalue weighted by Crippen LogP contribution is -2.26.